The molecule has 2 aromatic heterocycles. The fourth-order valence-corrected chi connectivity index (χ4v) is 1.98. The number of rotatable bonds is 3. The highest BCUT2D eigenvalue weighted by Gasteiger charge is 2.04. The lowest BCUT2D eigenvalue weighted by atomic mass is 10.5. The first kappa shape index (κ1) is 9.23. The molecule has 4 nitrogen and oxygen atoms in total. The van der Waals surface area contributed by atoms with Crippen LogP contribution >= 0.6 is 11.3 Å². The lowest BCUT2D eigenvalue weighted by molar-refractivity contribution is 0.829. The molecule has 0 unspecified atom stereocenters. The molecule has 0 aromatic carbocycles. The molecule has 0 amide bonds. The summed E-state index contributed by atoms with van der Waals surface area (Å²) in [6.45, 7) is 0.845. The molecule has 0 atom stereocenters. The van der Waals surface area contributed by atoms with Gasteiger partial charge in [0.05, 0.1) is 6.20 Å². The quantitative estimate of drug-likeness (QED) is 0.823. The van der Waals surface area contributed by atoms with E-state index >= 15 is 0 Å². The Balaban J connectivity index is 2.25. The van der Waals surface area contributed by atoms with E-state index in [9.17, 15) is 0 Å². The molecule has 0 aliphatic carbocycles. The van der Waals surface area contributed by atoms with Crippen molar-refractivity contribution in [2.24, 2.45) is 0 Å². The van der Waals surface area contributed by atoms with Crippen LogP contribution in [0, 0.1) is 0 Å². The molecule has 0 aliphatic rings. The number of aromatic nitrogens is 3. The van der Waals surface area contributed by atoms with Crippen LogP contribution in [-0.4, -0.2) is 22.0 Å². The average Bonchev–Trinajstić information content (AvgIpc) is 2.68. The highest BCUT2D eigenvalue weighted by molar-refractivity contribution is 7.14. The van der Waals surface area contributed by atoms with E-state index in [0.29, 0.717) is 0 Å². The zero-order valence-corrected chi connectivity index (χ0v) is 8.58. The van der Waals surface area contributed by atoms with Crippen molar-refractivity contribution in [2.45, 2.75) is 6.54 Å². The summed E-state index contributed by atoms with van der Waals surface area (Å²) >= 11 is 1.63. The Morgan fingerprint density at radius 3 is 2.93 bits per heavy atom. The lowest BCUT2D eigenvalue weighted by Crippen LogP contribution is -2.02. The van der Waals surface area contributed by atoms with E-state index in [1.807, 2.05) is 13.2 Å². The third kappa shape index (κ3) is 1.94. The highest BCUT2D eigenvalue weighted by atomic mass is 32.1. The van der Waals surface area contributed by atoms with Gasteiger partial charge in [-0.3, -0.25) is 9.97 Å². The summed E-state index contributed by atoms with van der Waals surface area (Å²) in [7, 11) is 1.92. The van der Waals surface area contributed by atoms with E-state index in [2.05, 4.69) is 20.3 Å². The molecule has 2 aromatic rings. The summed E-state index contributed by atoms with van der Waals surface area (Å²) in [5.74, 6) is 0. The Morgan fingerprint density at radius 1 is 1.29 bits per heavy atom. The van der Waals surface area contributed by atoms with Gasteiger partial charge >= 0.3 is 0 Å². The molecule has 0 saturated heterocycles. The van der Waals surface area contributed by atoms with E-state index in [1.54, 1.807) is 29.9 Å². The highest BCUT2D eigenvalue weighted by Crippen LogP contribution is 2.21. The van der Waals surface area contributed by atoms with Crippen LogP contribution < -0.4 is 5.32 Å². The van der Waals surface area contributed by atoms with Gasteiger partial charge in [-0.2, -0.15) is 0 Å². The van der Waals surface area contributed by atoms with Crippen molar-refractivity contribution in [3.05, 3.63) is 29.7 Å². The molecule has 0 spiro atoms. The fourth-order valence-electron chi connectivity index (χ4n) is 1.09. The van der Waals surface area contributed by atoms with Crippen LogP contribution in [0.4, 0.5) is 0 Å². The van der Waals surface area contributed by atoms with Crippen molar-refractivity contribution in [3.63, 3.8) is 0 Å². The second-order valence-electron chi connectivity index (χ2n) is 2.75. The van der Waals surface area contributed by atoms with E-state index in [4.69, 9.17) is 0 Å². The van der Waals surface area contributed by atoms with Gasteiger partial charge in [0.1, 0.15) is 10.7 Å². The maximum atomic E-state index is 4.28. The van der Waals surface area contributed by atoms with Crippen LogP contribution in [0.1, 0.15) is 4.88 Å². The maximum absolute atomic E-state index is 4.28. The topological polar surface area (TPSA) is 50.7 Å². The van der Waals surface area contributed by atoms with Crippen molar-refractivity contribution in [1.82, 2.24) is 20.3 Å². The van der Waals surface area contributed by atoms with Crippen molar-refractivity contribution in [3.8, 4) is 10.7 Å². The summed E-state index contributed by atoms with van der Waals surface area (Å²) in [5, 5.41) is 4.00. The molecule has 5 heteroatoms. The molecule has 72 valence electrons. The summed E-state index contributed by atoms with van der Waals surface area (Å²) in [4.78, 5) is 13.7. The van der Waals surface area contributed by atoms with E-state index in [-0.39, 0.29) is 0 Å². The summed E-state index contributed by atoms with van der Waals surface area (Å²) < 4.78 is 0. The van der Waals surface area contributed by atoms with Crippen molar-refractivity contribution in [1.29, 1.82) is 0 Å². The van der Waals surface area contributed by atoms with Crippen LogP contribution in [0.25, 0.3) is 10.7 Å². The predicted molar refractivity (Wildman–Crippen MR) is 55.9 cm³/mol. The van der Waals surface area contributed by atoms with E-state index < -0.39 is 0 Å². The van der Waals surface area contributed by atoms with Crippen LogP contribution in [0.15, 0.2) is 24.8 Å². The Bertz CT molecular complexity index is 398. The smallest absolute Gasteiger partial charge is 0.143 e. The Labute approximate surface area is 86.1 Å². The van der Waals surface area contributed by atoms with Gasteiger partial charge in [0.2, 0.25) is 0 Å². The third-order valence-electron chi connectivity index (χ3n) is 1.69. The minimum absolute atomic E-state index is 0.833. The molecule has 2 rings (SSSR count). The molecule has 0 radical (unpaired) electrons. The molecule has 0 aliphatic heterocycles. The number of nitrogens with one attached hydrogen (secondary N) is 1. The fraction of sp³-hybridized carbons (Fsp3) is 0.222. The van der Waals surface area contributed by atoms with Gasteiger partial charge in [0.25, 0.3) is 0 Å². The lowest BCUT2D eigenvalue weighted by Gasteiger charge is -1.92. The van der Waals surface area contributed by atoms with Crippen molar-refractivity contribution >= 4 is 11.3 Å². The first-order valence-corrected chi connectivity index (χ1v) is 5.07. The number of hydrogen-bond donors (Lipinski definition) is 1. The van der Waals surface area contributed by atoms with Crippen LogP contribution in [0.3, 0.4) is 0 Å². The maximum Gasteiger partial charge on any atom is 0.143 e. The number of hydrogen-bond acceptors (Lipinski definition) is 5. The molecule has 14 heavy (non-hydrogen) atoms. The minimum Gasteiger partial charge on any atom is -0.315 e. The van der Waals surface area contributed by atoms with Gasteiger partial charge in [0, 0.05) is 30.0 Å². The molecule has 0 fully saturated rings. The van der Waals surface area contributed by atoms with Gasteiger partial charge in [0.15, 0.2) is 0 Å². The molecule has 2 heterocycles. The number of thiazole rings is 1. The molecular weight excluding hydrogens is 196 g/mol. The first-order valence-electron chi connectivity index (χ1n) is 4.26. The molecular formula is C9H10N4S. The third-order valence-corrected chi connectivity index (χ3v) is 2.71. The average molecular weight is 206 g/mol. The predicted octanol–water partition coefficient (Wildman–Crippen LogP) is 1.32. The van der Waals surface area contributed by atoms with Gasteiger partial charge in [-0.1, -0.05) is 0 Å². The summed E-state index contributed by atoms with van der Waals surface area (Å²) in [6.07, 6.45) is 6.92. The monoisotopic (exact) mass is 206 g/mol. The normalized spacial score (nSPS) is 10.4. The standard InChI is InChI=1S/C9H10N4S/c1-10-4-7-5-13-9(14-7)8-6-11-2-3-12-8/h2-3,5-6,10H,4H2,1H3. The molecule has 1 N–H and O–H groups in total. The second kappa shape index (κ2) is 4.26. The van der Waals surface area contributed by atoms with E-state index in [0.717, 1.165) is 17.2 Å². The largest absolute Gasteiger partial charge is 0.315 e. The Morgan fingerprint density at radius 2 is 2.21 bits per heavy atom. The molecule has 0 bridgehead atoms. The van der Waals surface area contributed by atoms with Gasteiger partial charge in [-0.15, -0.1) is 11.3 Å². The Hall–Kier alpha value is -1.33. The number of nitrogens with zero attached hydrogens (tertiary/aromatic N) is 3. The van der Waals surface area contributed by atoms with Crippen molar-refractivity contribution < 1.29 is 0 Å². The van der Waals surface area contributed by atoms with Gasteiger partial charge in [-0.05, 0) is 7.05 Å². The summed E-state index contributed by atoms with van der Waals surface area (Å²) in [5.41, 5.74) is 0.833. The van der Waals surface area contributed by atoms with E-state index in [1.165, 1.54) is 4.88 Å². The van der Waals surface area contributed by atoms with Crippen LogP contribution in [0.5, 0.6) is 0 Å². The van der Waals surface area contributed by atoms with Crippen LogP contribution in [-0.2, 0) is 6.54 Å². The summed E-state index contributed by atoms with van der Waals surface area (Å²) in [6, 6.07) is 0. The second-order valence-corrected chi connectivity index (χ2v) is 3.87. The Kier molecular flexibility index (Phi) is 2.81. The first-order chi connectivity index (χ1) is 6.90. The SMILES string of the molecule is CNCc1cnc(-c2cnccn2)s1. The van der Waals surface area contributed by atoms with Crippen molar-refractivity contribution in [2.75, 3.05) is 7.05 Å². The minimum atomic E-state index is 0.833. The van der Waals surface area contributed by atoms with Crippen LogP contribution in [0.2, 0.25) is 0 Å². The molecule has 0 saturated carbocycles. The zero-order valence-electron chi connectivity index (χ0n) is 7.77. The van der Waals surface area contributed by atoms with Gasteiger partial charge < -0.3 is 5.32 Å². The zero-order chi connectivity index (χ0) is 9.80. The van der Waals surface area contributed by atoms with Gasteiger partial charge in [-0.25, -0.2) is 4.98 Å².